The number of halogens is 2. The molecule has 0 aliphatic rings. The molecule has 0 aliphatic carbocycles. The van der Waals surface area contributed by atoms with Gasteiger partial charge in [-0.25, -0.2) is 9.37 Å². The van der Waals surface area contributed by atoms with Crippen molar-refractivity contribution in [1.82, 2.24) is 4.98 Å². The van der Waals surface area contributed by atoms with Gasteiger partial charge >= 0.3 is 0 Å². The number of nitrogens with one attached hydrogen (secondary N) is 1. The molecule has 5 heteroatoms. The van der Waals surface area contributed by atoms with Crippen LogP contribution in [0, 0.1) is 5.82 Å². The average molecular weight is 349 g/mol. The van der Waals surface area contributed by atoms with Gasteiger partial charge < -0.3 is 9.73 Å². The van der Waals surface area contributed by atoms with Crippen LogP contribution in [0.1, 0.15) is 18.4 Å². The minimum absolute atomic E-state index is 0.221. The van der Waals surface area contributed by atoms with Gasteiger partial charge in [0.2, 0.25) is 0 Å². The minimum atomic E-state index is -0.221. The zero-order chi connectivity index (χ0) is 14.8. The molecular formula is C16H14BrFN2O. The van der Waals surface area contributed by atoms with Crippen molar-refractivity contribution >= 4 is 32.7 Å². The second-order valence-electron chi connectivity index (χ2n) is 4.73. The number of rotatable bonds is 4. The fourth-order valence-corrected chi connectivity index (χ4v) is 2.52. The van der Waals surface area contributed by atoms with E-state index >= 15 is 0 Å². The fraction of sp³-hybridized carbons (Fsp3) is 0.188. The molecule has 0 saturated carbocycles. The summed E-state index contributed by atoms with van der Waals surface area (Å²) < 4.78 is 20.1. The highest BCUT2D eigenvalue weighted by molar-refractivity contribution is 9.10. The van der Waals surface area contributed by atoms with Crippen LogP contribution in [-0.4, -0.2) is 4.98 Å². The molecule has 0 bridgehead atoms. The third-order valence-corrected chi connectivity index (χ3v) is 3.72. The molecule has 108 valence electrons. The van der Waals surface area contributed by atoms with Crippen molar-refractivity contribution in [2.45, 2.75) is 19.9 Å². The lowest BCUT2D eigenvalue weighted by molar-refractivity contribution is 0.538. The summed E-state index contributed by atoms with van der Waals surface area (Å²) >= 11 is 3.35. The van der Waals surface area contributed by atoms with Crippen molar-refractivity contribution in [3.63, 3.8) is 0 Å². The number of aryl methyl sites for hydroxylation is 1. The molecule has 3 nitrogen and oxygen atoms in total. The highest BCUT2D eigenvalue weighted by atomic mass is 79.9. The lowest BCUT2D eigenvalue weighted by Gasteiger charge is -2.07. The second-order valence-corrected chi connectivity index (χ2v) is 5.65. The first-order valence-electron chi connectivity index (χ1n) is 6.73. The number of benzene rings is 2. The Hall–Kier alpha value is -1.88. The van der Waals surface area contributed by atoms with Gasteiger partial charge in [-0.3, -0.25) is 0 Å². The summed E-state index contributed by atoms with van der Waals surface area (Å²) in [5.74, 6) is 0.502. The zero-order valence-corrected chi connectivity index (χ0v) is 13.1. The molecule has 2 aromatic carbocycles. The molecule has 3 aromatic rings. The van der Waals surface area contributed by atoms with Gasteiger partial charge in [0.1, 0.15) is 11.3 Å². The van der Waals surface area contributed by atoms with E-state index in [2.05, 4.69) is 26.2 Å². The maximum Gasteiger partial charge on any atom is 0.195 e. The monoisotopic (exact) mass is 348 g/mol. The van der Waals surface area contributed by atoms with Crippen LogP contribution in [0.25, 0.3) is 11.1 Å². The fourth-order valence-electron chi connectivity index (χ4n) is 2.11. The third kappa shape index (κ3) is 3.08. The summed E-state index contributed by atoms with van der Waals surface area (Å²) in [6.45, 7) is 2.41. The summed E-state index contributed by atoms with van der Waals surface area (Å²) in [5, 5.41) is 3.21. The lowest BCUT2D eigenvalue weighted by atomic mass is 10.2. The summed E-state index contributed by atoms with van der Waals surface area (Å²) in [6.07, 6.45) is 0.765. The first kappa shape index (κ1) is 14.1. The van der Waals surface area contributed by atoms with Gasteiger partial charge in [-0.1, -0.05) is 22.9 Å². The molecule has 21 heavy (non-hydrogen) atoms. The van der Waals surface area contributed by atoms with E-state index in [0.717, 1.165) is 33.6 Å². The first-order chi connectivity index (χ1) is 10.2. The van der Waals surface area contributed by atoms with E-state index < -0.39 is 0 Å². The molecule has 1 aromatic heterocycles. The Morgan fingerprint density at radius 1 is 1.24 bits per heavy atom. The molecule has 0 saturated heterocycles. The number of hydrogen-bond acceptors (Lipinski definition) is 3. The van der Waals surface area contributed by atoms with Crippen molar-refractivity contribution in [2.24, 2.45) is 0 Å². The maximum atomic E-state index is 13.7. The number of nitrogens with zero attached hydrogens (tertiary/aromatic N) is 1. The van der Waals surface area contributed by atoms with Crippen LogP contribution in [0.5, 0.6) is 0 Å². The highest BCUT2D eigenvalue weighted by Gasteiger charge is 2.06. The van der Waals surface area contributed by atoms with E-state index in [1.54, 1.807) is 12.1 Å². The highest BCUT2D eigenvalue weighted by Crippen LogP contribution is 2.22. The summed E-state index contributed by atoms with van der Waals surface area (Å²) in [7, 11) is 0. The number of oxazole rings is 1. The van der Waals surface area contributed by atoms with Gasteiger partial charge in [0, 0.05) is 28.7 Å². The molecule has 0 aliphatic heterocycles. The number of hydrogen-bond donors (Lipinski definition) is 1. The summed E-state index contributed by atoms with van der Waals surface area (Å²) in [5.41, 5.74) is 3.08. The SMILES string of the molecule is CCc1nc2cc(NCc3cc(Br)ccc3F)ccc2o1. The molecule has 1 heterocycles. The summed E-state index contributed by atoms with van der Waals surface area (Å²) in [4.78, 5) is 4.39. The standard InChI is InChI=1S/C16H14BrFN2O/c1-2-16-20-14-8-12(4-6-15(14)21-16)19-9-10-7-11(17)3-5-13(10)18/h3-8,19H,2,9H2,1H3. The Labute approximate surface area is 130 Å². The first-order valence-corrected chi connectivity index (χ1v) is 7.52. The average Bonchev–Trinajstić information content (AvgIpc) is 2.90. The number of aromatic nitrogens is 1. The summed E-state index contributed by atoms with van der Waals surface area (Å²) in [6, 6.07) is 10.6. The predicted octanol–water partition coefficient (Wildman–Crippen LogP) is 4.90. The van der Waals surface area contributed by atoms with Gasteiger partial charge in [-0.05, 0) is 36.4 Å². The molecule has 3 rings (SSSR count). The third-order valence-electron chi connectivity index (χ3n) is 3.23. The van der Waals surface area contributed by atoms with Crippen molar-refractivity contribution < 1.29 is 8.81 Å². The maximum absolute atomic E-state index is 13.7. The molecule has 0 atom stereocenters. The van der Waals surface area contributed by atoms with E-state index in [9.17, 15) is 4.39 Å². The van der Waals surface area contributed by atoms with Crippen molar-refractivity contribution in [1.29, 1.82) is 0 Å². The van der Waals surface area contributed by atoms with E-state index in [-0.39, 0.29) is 5.82 Å². The lowest BCUT2D eigenvalue weighted by Crippen LogP contribution is -2.01. The molecule has 0 spiro atoms. The van der Waals surface area contributed by atoms with E-state index in [0.29, 0.717) is 12.1 Å². The number of fused-ring (bicyclic) bond motifs is 1. The smallest absolute Gasteiger partial charge is 0.195 e. The Kier molecular flexibility index (Phi) is 3.92. The molecule has 0 unspecified atom stereocenters. The van der Waals surface area contributed by atoms with Crippen LogP contribution in [-0.2, 0) is 13.0 Å². The van der Waals surface area contributed by atoms with E-state index in [1.165, 1.54) is 6.07 Å². The Balaban J connectivity index is 1.80. The Bertz CT molecular complexity index is 785. The Morgan fingerprint density at radius 2 is 2.10 bits per heavy atom. The van der Waals surface area contributed by atoms with Crippen LogP contribution >= 0.6 is 15.9 Å². The largest absolute Gasteiger partial charge is 0.441 e. The van der Waals surface area contributed by atoms with Crippen LogP contribution in [0.3, 0.4) is 0 Å². The van der Waals surface area contributed by atoms with Crippen molar-refractivity contribution in [2.75, 3.05) is 5.32 Å². The van der Waals surface area contributed by atoms with Gasteiger partial charge in [-0.2, -0.15) is 0 Å². The van der Waals surface area contributed by atoms with Gasteiger partial charge in [0.25, 0.3) is 0 Å². The van der Waals surface area contributed by atoms with Gasteiger partial charge in [0.15, 0.2) is 11.5 Å². The quantitative estimate of drug-likeness (QED) is 0.728. The number of anilines is 1. The van der Waals surface area contributed by atoms with Crippen LogP contribution in [0.2, 0.25) is 0 Å². The van der Waals surface area contributed by atoms with Crippen LogP contribution < -0.4 is 5.32 Å². The minimum Gasteiger partial charge on any atom is -0.441 e. The van der Waals surface area contributed by atoms with Crippen LogP contribution in [0.4, 0.5) is 10.1 Å². The predicted molar refractivity (Wildman–Crippen MR) is 84.8 cm³/mol. The molecule has 1 N–H and O–H groups in total. The molecular weight excluding hydrogens is 335 g/mol. The van der Waals surface area contributed by atoms with E-state index in [4.69, 9.17) is 4.42 Å². The normalized spacial score (nSPS) is 11.0. The van der Waals surface area contributed by atoms with Gasteiger partial charge in [0.05, 0.1) is 0 Å². The van der Waals surface area contributed by atoms with Crippen molar-refractivity contribution in [3.8, 4) is 0 Å². The van der Waals surface area contributed by atoms with Gasteiger partial charge in [-0.15, -0.1) is 0 Å². The molecule has 0 fully saturated rings. The van der Waals surface area contributed by atoms with E-state index in [1.807, 2.05) is 25.1 Å². The zero-order valence-electron chi connectivity index (χ0n) is 11.5. The van der Waals surface area contributed by atoms with Crippen molar-refractivity contribution in [3.05, 3.63) is 58.1 Å². The molecule has 0 radical (unpaired) electrons. The topological polar surface area (TPSA) is 38.1 Å². The Morgan fingerprint density at radius 3 is 2.90 bits per heavy atom. The second kappa shape index (κ2) is 5.85. The van der Waals surface area contributed by atoms with Crippen LogP contribution in [0.15, 0.2) is 45.3 Å². The molecule has 0 amide bonds.